The lowest BCUT2D eigenvalue weighted by Gasteiger charge is -2.29. The molecule has 0 saturated carbocycles. The monoisotopic (exact) mass is 455 g/mol. The van der Waals surface area contributed by atoms with Crippen molar-refractivity contribution in [2.45, 2.75) is 0 Å². The Hall–Kier alpha value is -2.52. The van der Waals surface area contributed by atoms with Crippen LogP contribution < -0.4 is 10.2 Å². The number of nitrogens with one attached hydrogen (secondary N) is 1. The molecule has 0 unspecified atom stereocenters. The number of carbonyl (C=O) groups excluding carboxylic acids is 2. The van der Waals surface area contributed by atoms with Crippen LogP contribution in [0.4, 0.5) is 11.4 Å². The van der Waals surface area contributed by atoms with E-state index >= 15 is 0 Å². The Kier molecular flexibility index (Phi) is 5.66. The SMILES string of the molecule is O=C1NC(=S)N(c2cccc(Cl)c2Cl)C(=O)/C1=C/c1ccc(Cl)c([N+](=O)[O-])c1. The molecule has 142 valence electrons. The summed E-state index contributed by atoms with van der Waals surface area (Å²) in [7, 11) is 0. The lowest BCUT2D eigenvalue weighted by atomic mass is 10.1. The van der Waals surface area contributed by atoms with E-state index in [9.17, 15) is 19.7 Å². The average molecular weight is 457 g/mol. The van der Waals surface area contributed by atoms with Crippen LogP contribution in [0.15, 0.2) is 42.0 Å². The number of hydrogen-bond donors (Lipinski definition) is 1. The van der Waals surface area contributed by atoms with E-state index in [1.165, 1.54) is 30.3 Å². The lowest BCUT2D eigenvalue weighted by Crippen LogP contribution is -2.54. The van der Waals surface area contributed by atoms with Crippen LogP contribution in [0.2, 0.25) is 15.1 Å². The van der Waals surface area contributed by atoms with Crippen LogP contribution in [-0.2, 0) is 9.59 Å². The molecule has 3 rings (SSSR count). The quantitative estimate of drug-likeness (QED) is 0.243. The predicted molar refractivity (Wildman–Crippen MR) is 111 cm³/mol. The van der Waals surface area contributed by atoms with Gasteiger partial charge in [0.05, 0.1) is 20.7 Å². The molecule has 0 bridgehead atoms. The Morgan fingerprint density at radius 3 is 2.50 bits per heavy atom. The average Bonchev–Trinajstić information content (AvgIpc) is 2.63. The zero-order valence-electron chi connectivity index (χ0n) is 13.6. The summed E-state index contributed by atoms with van der Waals surface area (Å²) in [5.74, 6) is -1.50. The number of rotatable bonds is 3. The van der Waals surface area contributed by atoms with Gasteiger partial charge in [-0.3, -0.25) is 29.9 Å². The number of nitro benzene ring substituents is 1. The molecular formula is C17H8Cl3N3O4S. The first-order valence-electron chi connectivity index (χ1n) is 7.50. The first-order chi connectivity index (χ1) is 13.2. The second-order valence-electron chi connectivity index (χ2n) is 5.50. The molecule has 2 amide bonds. The molecule has 2 aromatic rings. The maximum absolute atomic E-state index is 12.9. The van der Waals surface area contributed by atoms with E-state index in [-0.39, 0.29) is 42.7 Å². The Bertz CT molecular complexity index is 1090. The van der Waals surface area contributed by atoms with Gasteiger partial charge >= 0.3 is 0 Å². The molecule has 1 N–H and O–H groups in total. The second kappa shape index (κ2) is 7.84. The van der Waals surface area contributed by atoms with Crippen LogP contribution in [0.25, 0.3) is 6.08 Å². The number of thiocarbonyl (C=S) groups is 1. The van der Waals surface area contributed by atoms with Gasteiger partial charge < -0.3 is 0 Å². The summed E-state index contributed by atoms with van der Waals surface area (Å²) in [6, 6.07) is 8.51. The zero-order chi connectivity index (χ0) is 20.6. The van der Waals surface area contributed by atoms with Gasteiger partial charge in [0.15, 0.2) is 5.11 Å². The highest BCUT2D eigenvalue weighted by Crippen LogP contribution is 2.34. The number of carbonyl (C=O) groups is 2. The molecule has 2 aromatic carbocycles. The van der Waals surface area contributed by atoms with E-state index in [4.69, 9.17) is 47.0 Å². The van der Waals surface area contributed by atoms with E-state index in [0.717, 1.165) is 11.0 Å². The fourth-order valence-electron chi connectivity index (χ4n) is 2.47. The van der Waals surface area contributed by atoms with Crippen molar-refractivity contribution < 1.29 is 14.5 Å². The molecule has 7 nitrogen and oxygen atoms in total. The molecule has 1 fully saturated rings. The van der Waals surface area contributed by atoms with Crippen LogP contribution >= 0.6 is 47.0 Å². The third-order valence-corrected chi connectivity index (χ3v) is 5.16. The summed E-state index contributed by atoms with van der Waals surface area (Å²) in [5, 5.41) is 13.5. The molecule has 0 aromatic heterocycles. The number of nitro groups is 1. The largest absolute Gasteiger partial charge is 0.298 e. The van der Waals surface area contributed by atoms with E-state index < -0.39 is 16.7 Å². The summed E-state index contributed by atoms with van der Waals surface area (Å²) >= 11 is 23.0. The molecule has 1 aliphatic heterocycles. The summed E-state index contributed by atoms with van der Waals surface area (Å²) in [6.45, 7) is 0. The zero-order valence-corrected chi connectivity index (χ0v) is 16.7. The first kappa shape index (κ1) is 20.2. The summed E-state index contributed by atoms with van der Waals surface area (Å²) in [6.07, 6.45) is 1.20. The highest BCUT2D eigenvalue weighted by atomic mass is 35.5. The van der Waals surface area contributed by atoms with Crippen molar-refractivity contribution in [3.63, 3.8) is 0 Å². The van der Waals surface area contributed by atoms with Crippen molar-refractivity contribution in [2.75, 3.05) is 4.90 Å². The Morgan fingerprint density at radius 1 is 1.11 bits per heavy atom. The topological polar surface area (TPSA) is 92.6 Å². The highest BCUT2D eigenvalue weighted by Gasteiger charge is 2.35. The fourth-order valence-corrected chi connectivity index (χ4v) is 3.31. The third kappa shape index (κ3) is 3.72. The summed E-state index contributed by atoms with van der Waals surface area (Å²) in [5.41, 5.74) is -0.220. The third-order valence-electron chi connectivity index (χ3n) is 3.75. The Labute approximate surface area is 178 Å². The summed E-state index contributed by atoms with van der Waals surface area (Å²) in [4.78, 5) is 36.7. The molecular weight excluding hydrogens is 449 g/mol. The normalized spacial score (nSPS) is 15.8. The van der Waals surface area contributed by atoms with Gasteiger partial charge in [-0.2, -0.15) is 0 Å². The maximum atomic E-state index is 12.9. The van der Waals surface area contributed by atoms with Crippen LogP contribution in [-0.4, -0.2) is 21.9 Å². The first-order valence-corrected chi connectivity index (χ1v) is 9.04. The molecule has 11 heteroatoms. The Morgan fingerprint density at radius 2 is 1.82 bits per heavy atom. The molecule has 1 heterocycles. The van der Waals surface area contributed by atoms with Gasteiger partial charge in [0.25, 0.3) is 17.5 Å². The molecule has 1 aliphatic rings. The molecule has 0 aliphatic carbocycles. The lowest BCUT2D eigenvalue weighted by molar-refractivity contribution is -0.384. The number of anilines is 1. The molecule has 0 atom stereocenters. The standard InChI is InChI=1S/C17H8Cl3N3O4S/c18-10-5-4-8(7-13(10)23(26)27)6-9-15(24)21-17(28)22(16(9)25)12-3-1-2-11(19)14(12)20/h1-7H,(H,21,24,28)/b9-6+. The van der Waals surface area contributed by atoms with Crippen molar-refractivity contribution in [3.05, 3.63) is 72.7 Å². The second-order valence-corrected chi connectivity index (χ2v) is 7.08. The van der Waals surface area contributed by atoms with Gasteiger partial charge in [0.2, 0.25) is 0 Å². The number of nitrogens with zero attached hydrogens (tertiary/aromatic N) is 2. The van der Waals surface area contributed by atoms with Gasteiger partial charge in [-0.05, 0) is 42.1 Å². The van der Waals surface area contributed by atoms with Crippen LogP contribution in [0.5, 0.6) is 0 Å². The fraction of sp³-hybridized carbons (Fsp3) is 0. The van der Waals surface area contributed by atoms with E-state index in [0.29, 0.717) is 0 Å². The minimum atomic E-state index is -0.754. The number of hydrogen-bond acceptors (Lipinski definition) is 5. The predicted octanol–water partition coefficient (Wildman–Crippen LogP) is 4.39. The van der Waals surface area contributed by atoms with Gasteiger partial charge in [0.1, 0.15) is 10.6 Å². The van der Waals surface area contributed by atoms with Crippen molar-refractivity contribution in [1.82, 2.24) is 5.32 Å². The van der Waals surface area contributed by atoms with Crippen molar-refractivity contribution >= 4 is 81.4 Å². The van der Waals surface area contributed by atoms with Crippen LogP contribution in [0, 0.1) is 10.1 Å². The minimum absolute atomic E-state index is 0.0694. The van der Waals surface area contributed by atoms with Crippen molar-refractivity contribution in [2.24, 2.45) is 0 Å². The minimum Gasteiger partial charge on any atom is -0.298 e. The smallest absolute Gasteiger partial charge is 0.288 e. The number of benzene rings is 2. The summed E-state index contributed by atoms with van der Waals surface area (Å²) < 4.78 is 0. The number of amides is 2. The van der Waals surface area contributed by atoms with Crippen LogP contribution in [0.1, 0.15) is 5.56 Å². The number of halogens is 3. The molecule has 28 heavy (non-hydrogen) atoms. The van der Waals surface area contributed by atoms with Crippen LogP contribution in [0.3, 0.4) is 0 Å². The van der Waals surface area contributed by atoms with Gasteiger partial charge in [-0.1, -0.05) is 46.9 Å². The van der Waals surface area contributed by atoms with Gasteiger partial charge in [-0.15, -0.1) is 0 Å². The van der Waals surface area contributed by atoms with Crippen molar-refractivity contribution in [1.29, 1.82) is 0 Å². The highest BCUT2D eigenvalue weighted by molar-refractivity contribution is 7.80. The molecule has 0 spiro atoms. The van der Waals surface area contributed by atoms with E-state index in [2.05, 4.69) is 5.32 Å². The Balaban J connectivity index is 2.08. The molecule has 1 saturated heterocycles. The van der Waals surface area contributed by atoms with Crippen molar-refractivity contribution in [3.8, 4) is 0 Å². The van der Waals surface area contributed by atoms with Gasteiger partial charge in [-0.25, -0.2) is 0 Å². The van der Waals surface area contributed by atoms with E-state index in [1.54, 1.807) is 6.07 Å². The van der Waals surface area contributed by atoms with E-state index in [1.807, 2.05) is 0 Å². The molecule has 0 radical (unpaired) electrons. The maximum Gasteiger partial charge on any atom is 0.288 e. The van der Waals surface area contributed by atoms with Gasteiger partial charge in [0, 0.05) is 6.07 Å².